The SMILES string of the molecule is CCOCC1(C(O)c2ccc(Cl)c(Cl)c2)CCCN1C(=O)OC(C)(C)C. The van der Waals surface area contributed by atoms with Crippen LogP contribution in [0.3, 0.4) is 0 Å². The van der Waals surface area contributed by atoms with Crippen LogP contribution < -0.4 is 0 Å². The maximum Gasteiger partial charge on any atom is 0.410 e. The summed E-state index contributed by atoms with van der Waals surface area (Å²) in [6.07, 6.45) is -0.0640. The van der Waals surface area contributed by atoms with Crippen LogP contribution in [0.4, 0.5) is 4.79 Å². The average Bonchev–Trinajstić information content (AvgIpc) is 2.98. The molecule has 0 spiro atoms. The van der Waals surface area contributed by atoms with E-state index in [2.05, 4.69) is 0 Å². The number of nitrogens with zero attached hydrogens (tertiary/aromatic N) is 1. The molecule has 0 radical (unpaired) electrons. The monoisotopic (exact) mass is 403 g/mol. The van der Waals surface area contributed by atoms with E-state index in [-0.39, 0.29) is 6.61 Å². The first kappa shape index (κ1) is 21.3. The number of amides is 1. The lowest BCUT2D eigenvalue weighted by Gasteiger charge is -2.42. The van der Waals surface area contributed by atoms with E-state index in [1.165, 1.54) is 0 Å². The van der Waals surface area contributed by atoms with E-state index < -0.39 is 23.3 Å². The van der Waals surface area contributed by atoms with Crippen molar-refractivity contribution < 1.29 is 19.4 Å². The van der Waals surface area contributed by atoms with Gasteiger partial charge in [0.05, 0.1) is 22.2 Å². The first-order valence-corrected chi connectivity index (χ1v) is 9.57. The number of likely N-dealkylation sites (tertiary alicyclic amines) is 1. The summed E-state index contributed by atoms with van der Waals surface area (Å²) in [5, 5.41) is 12.0. The molecule has 1 amide bonds. The molecule has 5 nitrogen and oxygen atoms in total. The molecule has 1 saturated heterocycles. The summed E-state index contributed by atoms with van der Waals surface area (Å²) in [7, 11) is 0. The Hall–Kier alpha value is -1.01. The Bertz CT molecular complexity index is 647. The summed E-state index contributed by atoms with van der Waals surface area (Å²) >= 11 is 12.1. The number of aliphatic hydroxyl groups is 1. The van der Waals surface area contributed by atoms with Gasteiger partial charge < -0.3 is 14.6 Å². The number of rotatable bonds is 5. The fraction of sp³-hybridized carbons (Fsp3) is 0.632. The van der Waals surface area contributed by atoms with Gasteiger partial charge in [0.2, 0.25) is 0 Å². The predicted molar refractivity (Wildman–Crippen MR) is 103 cm³/mol. The van der Waals surface area contributed by atoms with Crippen LogP contribution in [-0.2, 0) is 9.47 Å². The van der Waals surface area contributed by atoms with Crippen LogP contribution in [0.15, 0.2) is 18.2 Å². The average molecular weight is 404 g/mol. The van der Waals surface area contributed by atoms with Crippen molar-refractivity contribution in [3.63, 3.8) is 0 Å². The lowest BCUT2D eigenvalue weighted by atomic mass is 9.85. The third-order valence-corrected chi connectivity index (χ3v) is 5.21. The molecule has 1 heterocycles. The summed E-state index contributed by atoms with van der Waals surface area (Å²) in [6.45, 7) is 8.54. The third kappa shape index (κ3) is 4.63. The normalized spacial score (nSPS) is 21.7. The van der Waals surface area contributed by atoms with Crippen molar-refractivity contribution in [1.82, 2.24) is 4.90 Å². The van der Waals surface area contributed by atoms with Gasteiger partial charge in [-0.05, 0) is 58.2 Å². The zero-order chi connectivity index (χ0) is 19.5. The molecule has 2 atom stereocenters. The van der Waals surface area contributed by atoms with Crippen molar-refractivity contribution >= 4 is 29.3 Å². The van der Waals surface area contributed by atoms with Crippen LogP contribution in [0.1, 0.15) is 52.2 Å². The lowest BCUT2D eigenvalue weighted by molar-refractivity contribution is -0.0698. The van der Waals surface area contributed by atoms with Gasteiger partial charge in [-0.3, -0.25) is 4.90 Å². The van der Waals surface area contributed by atoms with Crippen molar-refractivity contribution in [2.75, 3.05) is 19.8 Å². The molecule has 1 aromatic rings. The Morgan fingerprint density at radius 3 is 2.62 bits per heavy atom. The van der Waals surface area contributed by atoms with E-state index in [0.29, 0.717) is 35.2 Å². The highest BCUT2D eigenvalue weighted by molar-refractivity contribution is 6.42. The van der Waals surface area contributed by atoms with E-state index in [1.54, 1.807) is 23.1 Å². The predicted octanol–water partition coefficient (Wildman–Crippen LogP) is 4.83. The van der Waals surface area contributed by atoms with E-state index >= 15 is 0 Å². The molecule has 7 heteroatoms. The fourth-order valence-corrected chi connectivity index (χ4v) is 3.58. The zero-order valence-electron chi connectivity index (χ0n) is 15.7. The molecule has 0 aliphatic carbocycles. The molecular weight excluding hydrogens is 377 g/mol. The molecule has 0 aromatic heterocycles. The van der Waals surface area contributed by atoms with Crippen molar-refractivity contribution in [2.45, 2.75) is 57.8 Å². The van der Waals surface area contributed by atoms with Crippen LogP contribution in [0.5, 0.6) is 0 Å². The Balaban J connectivity index is 2.39. The quantitative estimate of drug-likeness (QED) is 0.764. The number of hydrogen-bond donors (Lipinski definition) is 1. The van der Waals surface area contributed by atoms with Crippen LogP contribution in [0.2, 0.25) is 10.0 Å². The minimum atomic E-state index is -0.973. The number of hydrogen-bond acceptors (Lipinski definition) is 4. The Morgan fingerprint density at radius 1 is 1.35 bits per heavy atom. The molecular formula is C19H27Cl2NO4. The highest BCUT2D eigenvalue weighted by Gasteiger charge is 2.51. The first-order chi connectivity index (χ1) is 12.1. The first-order valence-electron chi connectivity index (χ1n) is 8.82. The topological polar surface area (TPSA) is 59.0 Å². The molecule has 2 rings (SSSR count). The molecule has 146 valence electrons. The maximum absolute atomic E-state index is 12.8. The van der Waals surface area contributed by atoms with Crippen LogP contribution in [-0.4, -0.2) is 47.0 Å². The van der Waals surface area contributed by atoms with Gasteiger partial charge in [0.25, 0.3) is 0 Å². The largest absolute Gasteiger partial charge is 0.444 e. The van der Waals surface area contributed by atoms with Gasteiger partial charge in [0.1, 0.15) is 11.7 Å². The van der Waals surface area contributed by atoms with Crippen molar-refractivity contribution in [3.05, 3.63) is 33.8 Å². The van der Waals surface area contributed by atoms with Crippen LogP contribution >= 0.6 is 23.2 Å². The molecule has 1 aliphatic heterocycles. The minimum absolute atomic E-state index is 0.212. The Kier molecular flexibility index (Phi) is 6.83. The smallest absolute Gasteiger partial charge is 0.410 e. The molecule has 1 aliphatic rings. The molecule has 1 N–H and O–H groups in total. The van der Waals surface area contributed by atoms with Crippen LogP contribution in [0.25, 0.3) is 0 Å². The van der Waals surface area contributed by atoms with Crippen LogP contribution in [0, 0.1) is 0 Å². The second-order valence-electron chi connectivity index (χ2n) is 7.55. The Labute approximate surface area is 165 Å². The number of ether oxygens (including phenoxy) is 2. The fourth-order valence-electron chi connectivity index (χ4n) is 3.28. The van der Waals surface area contributed by atoms with E-state index in [1.807, 2.05) is 27.7 Å². The highest BCUT2D eigenvalue weighted by Crippen LogP contribution is 2.42. The third-order valence-electron chi connectivity index (χ3n) is 4.47. The molecule has 1 fully saturated rings. The number of carbonyl (C=O) groups excluding carboxylic acids is 1. The molecule has 0 saturated carbocycles. The lowest BCUT2D eigenvalue weighted by Crippen LogP contribution is -2.55. The summed E-state index contributed by atoms with van der Waals surface area (Å²) in [5.41, 5.74) is -0.935. The summed E-state index contributed by atoms with van der Waals surface area (Å²) < 4.78 is 11.2. The number of aliphatic hydroxyl groups excluding tert-OH is 1. The second-order valence-corrected chi connectivity index (χ2v) is 8.37. The second kappa shape index (κ2) is 8.34. The summed E-state index contributed by atoms with van der Waals surface area (Å²) in [5.74, 6) is 0. The van der Waals surface area contributed by atoms with E-state index in [9.17, 15) is 9.90 Å². The van der Waals surface area contributed by atoms with Gasteiger partial charge in [0, 0.05) is 13.2 Å². The summed E-state index contributed by atoms with van der Waals surface area (Å²) in [4.78, 5) is 14.4. The van der Waals surface area contributed by atoms with Gasteiger partial charge in [0.15, 0.2) is 0 Å². The van der Waals surface area contributed by atoms with Crippen molar-refractivity contribution in [1.29, 1.82) is 0 Å². The van der Waals surface area contributed by atoms with Gasteiger partial charge in [-0.2, -0.15) is 0 Å². The number of halogens is 2. The maximum atomic E-state index is 12.8. The highest BCUT2D eigenvalue weighted by atomic mass is 35.5. The number of carbonyl (C=O) groups is 1. The van der Waals surface area contributed by atoms with Crippen molar-refractivity contribution in [2.24, 2.45) is 0 Å². The van der Waals surface area contributed by atoms with Gasteiger partial charge in [-0.25, -0.2) is 4.79 Å². The van der Waals surface area contributed by atoms with E-state index in [0.717, 1.165) is 6.42 Å². The molecule has 1 aromatic carbocycles. The summed E-state index contributed by atoms with van der Waals surface area (Å²) in [6, 6.07) is 5.00. The number of benzene rings is 1. The Morgan fingerprint density at radius 2 is 2.04 bits per heavy atom. The van der Waals surface area contributed by atoms with Gasteiger partial charge in [-0.15, -0.1) is 0 Å². The van der Waals surface area contributed by atoms with Gasteiger partial charge in [-0.1, -0.05) is 29.3 Å². The van der Waals surface area contributed by atoms with Crippen molar-refractivity contribution in [3.8, 4) is 0 Å². The van der Waals surface area contributed by atoms with Gasteiger partial charge >= 0.3 is 6.09 Å². The standard InChI is InChI=1S/C19H27Cl2NO4/c1-5-25-12-19(16(23)13-7-8-14(20)15(21)11-13)9-6-10-22(19)17(24)26-18(2,3)4/h7-8,11,16,23H,5-6,9-10,12H2,1-4H3. The molecule has 0 bridgehead atoms. The molecule has 2 unspecified atom stereocenters. The molecule has 26 heavy (non-hydrogen) atoms. The zero-order valence-corrected chi connectivity index (χ0v) is 17.2. The minimum Gasteiger partial charge on any atom is -0.444 e. The van der Waals surface area contributed by atoms with E-state index in [4.69, 9.17) is 32.7 Å².